The first-order chi connectivity index (χ1) is 13.7. The maximum Gasteiger partial charge on any atom is 0.413 e. The maximum absolute atomic E-state index is 14.9. The predicted molar refractivity (Wildman–Crippen MR) is 108 cm³/mol. The number of hydrogen-bond acceptors (Lipinski definition) is 5. The first kappa shape index (κ1) is 21.5. The van der Waals surface area contributed by atoms with Crippen LogP contribution in [0.1, 0.15) is 38.2 Å². The van der Waals surface area contributed by atoms with E-state index in [9.17, 15) is 9.18 Å². The Bertz CT molecular complexity index is 878. The summed E-state index contributed by atoms with van der Waals surface area (Å²) >= 11 is 3.33. The fraction of sp³-hybridized carbons (Fsp3) is 0.381. The van der Waals surface area contributed by atoms with Gasteiger partial charge in [-0.1, -0.05) is 28.1 Å². The molecule has 8 heteroatoms. The van der Waals surface area contributed by atoms with Crippen molar-refractivity contribution in [1.82, 2.24) is 5.32 Å². The minimum atomic E-state index is -0.758. The molecule has 0 atom stereocenters. The van der Waals surface area contributed by atoms with Crippen LogP contribution >= 0.6 is 15.9 Å². The molecule has 0 bridgehead atoms. The molecular weight excluding hydrogens is 445 g/mol. The van der Waals surface area contributed by atoms with Crippen molar-refractivity contribution >= 4 is 22.0 Å². The number of carbonyl (C=O) groups excluding carboxylic acids is 1. The summed E-state index contributed by atoms with van der Waals surface area (Å²) in [6, 6.07) is 10.1. The number of nitrogens with one attached hydrogen (secondary N) is 1. The topological polar surface area (TPSA) is 66.0 Å². The molecular formula is C21H23BrFNO5. The lowest BCUT2D eigenvalue weighted by molar-refractivity contribution is -0.0473. The summed E-state index contributed by atoms with van der Waals surface area (Å²) in [5.74, 6) is -0.0834. The van der Waals surface area contributed by atoms with Gasteiger partial charge in [0, 0.05) is 10.0 Å². The van der Waals surface area contributed by atoms with Crippen molar-refractivity contribution in [2.24, 2.45) is 0 Å². The highest BCUT2D eigenvalue weighted by molar-refractivity contribution is 9.10. The second kappa shape index (κ2) is 9.11. The Hall–Kier alpha value is -2.16. The monoisotopic (exact) mass is 467 g/mol. The van der Waals surface area contributed by atoms with E-state index in [1.54, 1.807) is 30.3 Å². The number of hydrogen-bond donors (Lipinski definition) is 1. The Kier molecular flexibility index (Phi) is 6.77. The van der Waals surface area contributed by atoms with E-state index >= 15 is 0 Å². The van der Waals surface area contributed by atoms with Crippen molar-refractivity contribution in [2.45, 2.75) is 39.2 Å². The van der Waals surface area contributed by atoms with Gasteiger partial charge in [0.25, 0.3) is 0 Å². The molecule has 1 saturated heterocycles. The van der Waals surface area contributed by atoms with Gasteiger partial charge in [-0.2, -0.15) is 0 Å². The van der Waals surface area contributed by atoms with E-state index in [1.165, 1.54) is 6.07 Å². The lowest BCUT2D eigenvalue weighted by atomic mass is 10.1. The molecule has 1 amide bonds. The molecule has 1 aliphatic rings. The van der Waals surface area contributed by atoms with Crippen LogP contribution in [0.4, 0.5) is 9.18 Å². The molecule has 0 unspecified atom stereocenters. The zero-order chi connectivity index (χ0) is 21.0. The number of rotatable bonds is 5. The molecule has 29 heavy (non-hydrogen) atoms. The maximum atomic E-state index is 14.9. The number of carbonyl (C=O) groups is 1. The normalized spacial score (nSPS) is 14.7. The van der Waals surface area contributed by atoms with Crippen molar-refractivity contribution in [1.29, 1.82) is 0 Å². The third-order valence-corrected chi connectivity index (χ3v) is 4.62. The Morgan fingerprint density at radius 2 is 1.97 bits per heavy atom. The smallest absolute Gasteiger partial charge is 0.413 e. The first-order valence-corrected chi connectivity index (χ1v) is 9.95. The molecule has 6 nitrogen and oxygen atoms in total. The van der Waals surface area contributed by atoms with Crippen LogP contribution in [-0.2, 0) is 16.1 Å². The second-order valence-corrected chi connectivity index (χ2v) is 8.40. The first-order valence-electron chi connectivity index (χ1n) is 9.16. The molecule has 2 aromatic carbocycles. The predicted octanol–water partition coefficient (Wildman–Crippen LogP) is 5.10. The lowest BCUT2D eigenvalue weighted by Crippen LogP contribution is -2.42. The summed E-state index contributed by atoms with van der Waals surface area (Å²) in [5, 5.41) is 2.72. The van der Waals surface area contributed by atoms with Crippen molar-refractivity contribution in [3.8, 4) is 11.5 Å². The van der Waals surface area contributed by atoms with Crippen LogP contribution in [0.5, 0.6) is 11.5 Å². The highest BCUT2D eigenvalue weighted by atomic mass is 79.9. The highest BCUT2D eigenvalue weighted by Gasteiger charge is 2.26. The van der Waals surface area contributed by atoms with E-state index in [1.807, 2.05) is 20.8 Å². The van der Waals surface area contributed by atoms with Crippen molar-refractivity contribution < 1.29 is 28.1 Å². The molecule has 1 aliphatic heterocycles. The third-order valence-electron chi connectivity index (χ3n) is 3.93. The van der Waals surface area contributed by atoms with Gasteiger partial charge in [-0.3, -0.25) is 0 Å². The Labute approximate surface area is 177 Å². The zero-order valence-electron chi connectivity index (χ0n) is 16.5. The van der Waals surface area contributed by atoms with Crippen LogP contribution in [0.2, 0.25) is 0 Å². The van der Waals surface area contributed by atoms with Crippen molar-refractivity contribution in [3.05, 3.63) is 57.8 Å². The summed E-state index contributed by atoms with van der Waals surface area (Å²) in [6.07, 6.45) is -1.30. The lowest BCUT2D eigenvalue weighted by Gasteiger charge is -2.20. The number of halogens is 2. The van der Waals surface area contributed by atoms with Crippen LogP contribution in [0.15, 0.2) is 40.9 Å². The molecule has 0 spiro atoms. The molecule has 3 rings (SSSR count). The summed E-state index contributed by atoms with van der Waals surface area (Å²) < 4.78 is 37.2. The molecule has 1 N–H and O–H groups in total. The third kappa shape index (κ3) is 5.91. The quantitative estimate of drug-likeness (QED) is 0.662. The van der Waals surface area contributed by atoms with E-state index in [0.717, 1.165) is 5.56 Å². The zero-order valence-corrected chi connectivity index (χ0v) is 18.0. The number of amides is 1. The molecule has 2 aromatic rings. The second-order valence-electron chi connectivity index (χ2n) is 7.55. The fourth-order valence-corrected chi connectivity index (χ4v) is 3.19. The number of benzene rings is 2. The van der Waals surface area contributed by atoms with E-state index in [2.05, 4.69) is 21.2 Å². The summed E-state index contributed by atoms with van der Waals surface area (Å²) in [4.78, 5) is 11.9. The van der Waals surface area contributed by atoms with Gasteiger partial charge in [-0.25, -0.2) is 9.18 Å². The van der Waals surface area contributed by atoms with Crippen molar-refractivity contribution in [2.75, 3.05) is 13.2 Å². The van der Waals surface area contributed by atoms with Gasteiger partial charge >= 0.3 is 6.09 Å². The summed E-state index contributed by atoms with van der Waals surface area (Å²) in [5.41, 5.74) is 0.598. The molecule has 1 heterocycles. The fourth-order valence-electron chi connectivity index (χ4n) is 2.70. The minimum Gasteiger partial charge on any atom is -0.486 e. The van der Waals surface area contributed by atoms with Gasteiger partial charge in [0.05, 0.1) is 18.8 Å². The van der Waals surface area contributed by atoms with Crippen LogP contribution in [0, 0.1) is 5.82 Å². The average molecular weight is 468 g/mol. The van der Waals surface area contributed by atoms with Crippen LogP contribution in [-0.4, -0.2) is 24.8 Å². The number of ether oxygens (including phenoxy) is 4. The van der Waals surface area contributed by atoms with Crippen LogP contribution in [0.25, 0.3) is 0 Å². The molecule has 0 radical (unpaired) electrons. The SMILES string of the molecule is CC(C)(C)NC(=O)Oc1cccc(COc2ccc(Br)c(C3OCCO3)c2F)c1. The molecule has 0 aromatic heterocycles. The average Bonchev–Trinajstić information content (AvgIpc) is 3.14. The van der Waals surface area contributed by atoms with Crippen LogP contribution < -0.4 is 14.8 Å². The molecule has 0 saturated carbocycles. The Morgan fingerprint density at radius 3 is 2.66 bits per heavy atom. The Balaban J connectivity index is 1.67. The molecule has 156 valence electrons. The standard InChI is InChI=1S/C21H23BrFNO5/c1-21(2,3)24-20(25)29-14-6-4-5-13(11-14)12-28-16-8-7-15(22)17(18(16)23)19-26-9-10-27-19/h4-8,11,19H,9-10,12H2,1-3H3,(H,24,25). The van der Waals surface area contributed by atoms with Crippen LogP contribution in [0.3, 0.4) is 0 Å². The van der Waals surface area contributed by atoms with Gasteiger partial charge in [0.15, 0.2) is 17.9 Å². The largest absolute Gasteiger partial charge is 0.486 e. The van der Waals surface area contributed by atoms with E-state index < -0.39 is 23.7 Å². The van der Waals surface area contributed by atoms with Gasteiger partial charge in [0.1, 0.15) is 12.4 Å². The van der Waals surface area contributed by atoms with Crippen molar-refractivity contribution in [3.63, 3.8) is 0 Å². The summed E-state index contributed by atoms with van der Waals surface area (Å²) in [7, 11) is 0. The van der Waals surface area contributed by atoms with E-state index in [-0.39, 0.29) is 17.9 Å². The van der Waals surface area contributed by atoms with E-state index in [0.29, 0.717) is 23.4 Å². The van der Waals surface area contributed by atoms with Gasteiger partial charge < -0.3 is 24.3 Å². The summed E-state index contributed by atoms with van der Waals surface area (Å²) in [6.45, 7) is 6.51. The minimum absolute atomic E-state index is 0.0825. The van der Waals surface area contributed by atoms with E-state index in [4.69, 9.17) is 18.9 Å². The van der Waals surface area contributed by atoms with Gasteiger partial charge in [0.2, 0.25) is 0 Å². The highest BCUT2D eigenvalue weighted by Crippen LogP contribution is 2.36. The van der Waals surface area contributed by atoms with Gasteiger partial charge in [-0.05, 0) is 50.6 Å². The molecule has 0 aliphatic carbocycles. The Morgan fingerprint density at radius 1 is 1.24 bits per heavy atom. The molecule has 1 fully saturated rings. The van der Waals surface area contributed by atoms with Gasteiger partial charge in [-0.15, -0.1) is 0 Å².